The Morgan fingerprint density at radius 2 is 1.78 bits per heavy atom. The maximum absolute atomic E-state index is 13.1. The molecular weight excluding hydrogens is 492 g/mol. The summed E-state index contributed by atoms with van der Waals surface area (Å²) in [6, 6.07) is 19.4. The number of ether oxygens (including phenoxy) is 2. The van der Waals surface area contributed by atoms with Crippen molar-refractivity contribution in [3.05, 3.63) is 117 Å². The Balaban J connectivity index is 1.61. The Bertz CT molecular complexity index is 1390. The van der Waals surface area contributed by atoms with E-state index in [1.54, 1.807) is 24.3 Å². The first-order chi connectivity index (χ1) is 17.9. The molecule has 188 valence electrons. The summed E-state index contributed by atoms with van der Waals surface area (Å²) < 4.78 is 11.7. The van der Waals surface area contributed by atoms with Crippen LogP contribution in [0, 0.1) is 10.1 Å². The summed E-state index contributed by atoms with van der Waals surface area (Å²) in [6.07, 6.45) is 3.86. The van der Waals surface area contributed by atoms with Crippen LogP contribution >= 0.6 is 11.8 Å². The molecule has 3 aromatic rings. The number of carbonyl (C=O) groups excluding carboxylic acids is 2. The zero-order valence-electron chi connectivity index (χ0n) is 20.1. The molecule has 0 bridgehead atoms. The predicted octanol–water partition coefficient (Wildman–Crippen LogP) is 6.15. The minimum Gasteiger partial charge on any atom is -0.493 e. The Kier molecular flexibility index (Phi) is 8.05. The van der Waals surface area contributed by atoms with Crippen molar-refractivity contribution in [2.75, 3.05) is 7.11 Å². The molecule has 1 aliphatic heterocycles. The molecule has 1 saturated heterocycles. The highest BCUT2D eigenvalue weighted by molar-refractivity contribution is 8.18. The number of nitrogens with zero attached hydrogens (tertiary/aromatic N) is 2. The van der Waals surface area contributed by atoms with E-state index in [4.69, 9.17) is 9.47 Å². The number of methoxy groups -OCH3 is 1. The number of nitro benzene ring substituents is 1. The molecule has 0 saturated carbocycles. The first kappa shape index (κ1) is 25.7. The van der Waals surface area contributed by atoms with Crippen LogP contribution in [0.4, 0.5) is 10.5 Å². The number of imide groups is 1. The van der Waals surface area contributed by atoms with Gasteiger partial charge < -0.3 is 9.47 Å². The maximum atomic E-state index is 13.1. The van der Waals surface area contributed by atoms with Crippen LogP contribution in [0.3, 0.4) is 0 Å². The number of hydrogen-bond acceptors (Lipinski definition) is 7. The van der Waals surface area contributed by atoms with Crippen LogP contribution in [-0.4, -0.2) is 28.1 Å². The number of allylic oxidation sites excluding steroid dienone is 1. The first-order valence-corrected chi connectivity index (χ1v) is 12.2. The standard InChI is InChI=1S/C28H24N2O6S/c1-3-9-21-14-20(15-24(35-2)26(21)36-18-19-10-5-4-6-11-19)16-25-27(31)29(28(32)37-25)17-22-12-7-8-13-23(22)30(33)34/h3-8,10-16H,1,9,17-18H2,2H3/b25-16-. The van der Waals surface area contributed by atoms with Crippen LogP contribution in [0.15, 0.2) is 84.3 Å². The summed E-state index contributed by atoms with van der Waals surface area (Å²) in [5, 5.41) is 10.8. The van der Waals surface area contributed by atoms with Gasteiger partial charge in [0.05, 0.1) is 23.5 Å². The molecule has 8 nitrogen and oxygen atoms in total. The number of thioether (sulfide) groups is 1. The molecule has 0 radical (unpaired) electrons. The van der Waals surface area contributed by atoms with Gasteiger partial charge in [-0.3, -0.25) is 24.6 Å². The molecule has 4 rings (SSSR count). The van der Waals surface area contributed by atoms with E-state index in [0.29, 0.717) is 30.1 Å². The Hall–Kier alpha value is -4.37. The van der Waals surface area contributed by atoms with Crippen LogP contribution in [0.5, 0.6) is 11.5 Å². The smallest absolute Gasteiger partial charge is 0.293 e. The molecule has 1 aliphatic rings. The third-order valence-corrected chi connectivity index (χ3v) is 6.56. The van der Waals surface area contributed by atoms with Crippen molar-refractivity contribution in [3.63, 3.8) is 0 Å². The van der Waals surface area contributed by atoms with Crippen molar-refractivity contribution >= 4 is 34.7 Å². The monoisotopic (exact) mass is 516 g/mol. The fourth-order valence-electron chi connectivity index (χ4n) is 3.90. The Morgan fingerprint density at radius 3 is 2.49 bits per heavy atom. The number of carbonyl (C=O) groups is 2. The van der Waals surface area contributed by atoms with Gasteiger partial charge in [-0.2, -0.15) is 0 Å². The highest BCUT2D eigenvalue weighted by Crippen LogP contribution is 2.38. The normalized spacial score (nSPS) is 14.2. The number of rotatable bonds is 10. The average molecular weight is 517 g/mol. The highest BCUT2D eigenvalue weighted by atomic mass is 32.2. The summed E-state index contributed by atoms with van der Waals surface area (Å²) in [6.45, 7) is 3.99. The fraction of sp³-hybridized carbons (Fsp3) is 0.143. The third kappa shape index (κ3) is 5.90. The van der Waals surface area contributed by atoms with E-state index in [1.807, 2.05) is 36.4 Å². The maximum Gasteiger partial charge on any atom is 0.293 e. The summed E-state index contributed by atoms with van der Waals surface area (Å²) in [5.41, 5.74) is 2.61. The van der Waals surface area contributed by atoms with Crippen molar-refractivity contribution in [2.24, 2.45) is 0 Å². The lowest BCUT2D eigenvalue weighted by Crippen LogP contribution is -2.27. The molecule has 0 atom stereocenters. The largest absolute Gasteiger partial charge is 0.493 e. The van der Waals surface area contributed by atoms with Crippen molar-refractivity contribution in [3.8, 4) is 11.5 Å². The fourth-order valence-corrected chi connectivity index (χ4v) is 4.74. The van der Waals surface area contributed by atoms with Gasteiger partial charge in [-0.15, -0.1) is 6.58 Å². The lowest BCUT2D eigenvalue weighted by atomic mass is 10.0. The summed E-state index contributed by atoms with van der Waals surface area (Å²) >= 11 is 0.791. The van der Waals surface area contributed by atoms with Crippen LogP contribution in [-0.2, 0) is 24.4 Å². The second-order valence-electron chi connectivity index (χ2n) is 8.13. The average Bonchev–Trinajstić information content (AvgIpc) is 3.16. The molecule has 3 aromatic carbocycles. The van der Waals surface area contributed by atoms with Gasteiger partial charge in [0.2, 0.25) is 0 Å². The van der Waals surface area contributed by atoms with Gasteiger partial charge in [-0.1, -0.05) is 54.6 Å². The number of benzene rings is 3. The molecule has 0 unspecified atom stereocenters. The number of hydrogen-bond donors (Lipinski definition) is 0. The highest BCUT2D eigenvalue weighted by Gasteiger charge is 2.36. The van der Waals surface area contributed by atoms with Gasteiger partial charge in [0.1, 0.15) is 6.61 Å². The lowest BCUT2D eigenvalue weighted by molar-refractivity contribution is -0.385. The zero-order chi connectivity index (χ0) is 26.4. The van der Waals surface area contributed by atoms with Crippen molar-refractivity contribution in [1.29, 1.82) is 0 Å². The Morgan fingerprint density at radius 1 is 1.05 bits per heavy atom. The van der Waals surface area contributed by atoms with E-state index in [2.05, 4.69) is 6.58 Å². The van der Waals surface area contributed by atoms with Crippen LogP contribution in [0.1, 0.15) is 22.3 Å². The molecule has 1 fully saturated rings. The van der Waals surface area contributed by atoms with E-state index in [0.717, 1.165) is 27.8 Å². The number of para-hydroxylation sites is 1. The molecule has 2 amide bonds. The van der Waals surface area contributed by atoms with Gasteiger partial charge in [-0.05, 0) is 47.5 Å². The SMILES string of the molecule is C=CCc1cc(/C=C2\SC(=O)N(Cc3ccccc3[N+](=O)[O-])C2=O)cc(OC)c1OCc1ccccc1. The van der Waals surface area contributed by atoms with Crippen molar-refractivity contribution in [1.82, 2.24) is 4.90 Å². The second-order valence-corrected chi connectivity index (χ2v) is 9.13. The molecule has 9 heteroatoms. The molecule has 0 aromatic heterocycles. The van der Waals surface area contributed by atoms with E-state index in [1.165, 1.54) is 25.3 Å². The zero-order valence-corrected chi connectivity index (χ0v) is 20.9. The molecule has 1 heterocycles. The summed E-state index contributed by atoms with van der Waals surface area (Å²) in [7, 11) is 1.53. The minimum atomic E-state index is -0.529. The number of nitro groups is 1. The second kappa shape index (κ2) is 11.6. The molecular formula is C28H24N2O6S. The molecule has 0 N–H and O–H groups in total. The summed E-state index contributed by atoms with van der Waals surface area (Å²) in [4.78, 5) is 37.7. The molecule has 0 spiro atoms. The summed E-state index contributed by atoms with van der Waals surface area (Å²) in [5.74, 6) is 0.551. The first-order valence-electron chi connectivity index (χ1n) is 11.4. The third-order valence-electron chi connectivity index (χ3n) is 5.65. The van der Waals surface area contributed by atoms with Crippen LogP contribution in [0.25, 0.3) is 6.08 Å². The Labute approximate surface area is 218 Å². The van der Waals surface area contributed by atoms with Gasteiger partial charge in [-0.25, -0.2) is 0 Å². The number of amides is 2. The van der Waals surface area contributed by atoms with E-state index in [9.17, 15) is 19.7 Å². The van der Waals surface area contributed by atoms with Gasteiger partial charge >= 0.3 is 0 Å². The van der Waals surface area contributed by atoms with E-state index in [-0.39, 0.29) is 22.7 Å². The van der Waals surface area contributed by atoms with Crippen LogP contribution in [0.2, 0.25) is 0 Å². The minimum absolute atomic E-state index is 0.143. The van der Waals surface area contributed by atoms with Gasteiger partial charge in [0.25, 0.3) is 16.8 Å². The van der Waals surface area contributed by atoms with Crippen LogP contribution < -0.4 is 9.47 Å². The van der Waals surface area contributed by atoms with E-state index < -0.39 is 16.1 Å². The predicted molar refractivity (Wildman–Crippen MR) is 142 cm³/mol. The van der Waals surface area contributed by atoms with Gasteiger partial charge in [0.15, 0.2) is 11.5 Å². The molecule has 0 aliphatic carbocycles. The van der Waals surface area contributed by atoms with Crippen molar-refractivity contribution < 1.29 is 24.0 Å². The van der Waals surface area contributed by atoms with E-state index >= 15 is 0 Å². The lowest BCUT2D eigenvalue weighted by Gasteiger charge is -2.16. The topological polar surface area (TPSA) is 99.0 Å². The quantitative estimate of drug-likeness (QED) is 0.138. The molecule has 37 heavy (non-hydrogen) atoms. The van der Waals surface area contributed by atoms with Crippen molar-refractivity contribution in [2.45, 2.75) is 19.6 Å². The van der Waals surface area contributed by atoms with Gasteiger partial charge in [0, 0.05) is 17.2 Å².